The number of benzene rings is 2. The van der Waals surface area contributed by atoms with Gasteiger partial charge in [0.15, 0.2) is 0 Å². The predicted octanol–water partition coefficient (Wildman–Crippen LogP) is 3.86. The second kappa shape index (κ2) is 7.01. The van der Waals surface area contributed by atoms with Crippen molar-refractivity contribution in [3.63, 3.8) is 0 Å². The molecule has 97 valence electrons. The van der Waals surface area contributed by atoms with Gasteiger partial charge in [0.1, 0.15) is 0 Å². The summed E-state index contributed by atoms with van der Waals surface area (Å²) < 4.78 is 0.707. The van der Waals surface area contributed by atoms with Crippen molar-refractivity contribution in [2.24, 2.45) is 0 Å². The van der Waals surface area contributed by atoms with E-state index in [4.69, 9.17) is 0 Å². The molecule has 0 spiro atoms. The molecular formula is C17H13OPt. The van der Waals surface area contributed by atoms with Crippen LogP contribution in [0.4, 0.5) is 0 Å². The van der Waals surface area contributed by atoms with Gasteiger partial charge in [-0.25, -0.2) is 0 Å². The molecule has 2 aromatic carbocycles. The summed E-state index contributed by atoms with van der Waals surface area (Å²) in [4.78, 5) is 12.0. The molecule has 0 bridgehead atoms. The molecule has 2 heteroatoms. The monoisotopic (exact) mass is 428 g/mol. The fraction of sp³-hybridized carbons (Fsp3) is 0. The first-order chi connectivity index (χ1) is 9.25. The third kappa shape index (κ3) is 4.46. The second-order valence-electron chi connectivity index (χ2n) is 3.98. The average Bonchev–Trinajstić information content (AvgIpc) is 2.47. The summed E-state index contributed by atoms with van der Waals surface area (Å²) in [6.07, 6.45) is 5.33. The van der Waals surface area contributed by atoms with Crippen LogP contribution in [0.5, 0.6) is 0 Å². The van der Waals surface area contributed by atoms with Crippen LogP contribution in [0.25, 0.3) is 12.2 Å². The van der Waals surface area contributed by atoms with Gasteiger partial charge in [-0.2, -0.15) is 0 Å². The molecule has 0 atom stereocenters. The predicted molar refractivity (Wildman–Crippen MR) is 74.9 cm³/mol. The van der Waals surface area contributed by atoms with Crippen LogP contribution < -0.4 is 0 Å². The minimum absolute atomic E-state index is 0.0226. The molecule has 0 saturated carbocycles. The molecule has 0 aliphatic carbocycles. The number of hydrogen-bond donors (Lipinski definition) is 0. The summed E-state index contributed by atoms with van der Waals surface area (Å²) in [5.74, 6) is 0.0226. The Morgan fingerprint density at radius 1 is 0.842 bits per heavy atom. The minimum atomic E-state index is 0.0226. The Hall–Kier alpha value is -1.72. The molecular weight excluding hydrogens is 415 g/mol. The third-order valence-electron chi connectivity index (χ3n) is 2.53. The van der Waals surface area contributed by atoms with E-state index in [0.29, 0.717) is 3.96 Å². The van der Waals surface area contributed by atoms with E-state index in [9.17, 15) is 4.79 Å². The summed E-state index contributed by atoms with van der Waals surface area (Å²) in [5.41, 5.74) is 2.06. The van der Waals surface area contributed by atoms with E-state index in [1.807, 2.05) is 72.8 Å². The van der Waals surface area contributed by atoms with Gasteiger partial charge < -0.3 is 0 Å². The molecule has 0 saturated heterocycles. The molecule has 0 heterocycles. The van der Waals surface area contributed by atoms with Gasteiger partial charge in [-0.1, -0.05) is 0 Å². The van der Waals surface area contributed by atoms with Gasteiger partial charge in [0.05, 0.1) is 0 Å². The van der Waals surface area contributed by atoms with Crippen LogP contribution in [0, 0.1) is 0 Å². The first kappa shape index (κ1) is 13.7. The summed E-state index contributed by atoms with van der Waals surface area (Å²) >= 11 is 2.06. The number of ketones is 1. The summed E-state index contributed by atoms with van der Waals surface area (Å²) in [5, 5.41) is 0. The number of allylic oxidation sites excluding steroid dienone is 2. The van der Waals surface area contributed by atoms with E-state index in [2.05, 4.69) is 19.8 Å². The zero-order chi connectivity index (χ0) is 13.5. The van der Waals surface area contributed by atoms with E-state index in [1.165, 1.54) is 0 Å². The SMILES string of the molecule is O=C(C=Cc1ccccc1)[C]([Pt])=Cc1ccccc1. The fourth-order valence-electron chi connectivity index (χ4n) is 1.57. The maximum absolute atomic E-state index is 12.0. The molecule has 1 nitrogen and oxygen atoms in total. The van der Waals surface area contributed by atoms with Gasteiger partial charge in [-0.15, -0.1) is 0 Å². The van der Waals surface area contributed by atoms with E-state index < -0.39 is 0 Å². The Bertz CT molecular complexity index is 598. The second-order valence-corrected chi connectivity index (χ2v) is 5.20. The van der Waals surface area contributed by atoms with Gasteiger partial charge in [-0.05, 0) is 0 Å². The molecule has 2 rings (SSSR count). The van der Waals surface area contributed by atoms with Crippen molar-refractivity contribution in [1.82, 2.24) is 0 Å². The van der Waals surface area contributed by atoms with Crippen LogP contribution in [0.3, 0.4) is 0 Å². The zero-order valence-electron chi connectivity index (χ0n) is 10.2. The van der Waals surface area contributed by atoms with Crippen LogP contribution in [-0.4, -0.2) is 5.78 Å². The Kier molecular flexibility index (Phi) is 5.06. The molecule has 0 aliphatic heterocycles. The Morgan fingerprint density at radius 2 is 1.37 bits per heavy atom. The summed E-state index contributed by atoms with van der Waals surface area (Å²) in [7, 11) is 0. The van der Waals surface area contributed by atoms with Gasteiger partial charge >= 0.3 is 124 Å². The Balaban J connectivity index is 2.08. The normalized spacial score (nSPS) is 11.8. The summed E-state index contributed by atoms with van der Waals surface area (Å²) in [6.45, 7) is 0. The molecule has 0 aliphatic rings. The van der Waals surface area contributed by atoms with E-state index >= 15 is 0 Å². The molecule has 0 radical (unpaired) electrons. The van der Waals surface area contributed by atoms with E-state index in [0.717, 1.165) is 11.1 Å². The third-order valence-corrected chi connectivity index (χ3v) is 3.42. The maximum atomic E-state index is 12.0. The Labute approximate surface area is 124 Å². The van der Waals surface area contributed by atoms with Crippen molar-refractivity contribution in [3.05, 3.63) is 81.8 Å². The fourth-order valence-corrected chi connectivity index (χ4v) is 2.14. The van der Waals surface area contributed by atoms with Crippen LogP contribution in [0.15, 0.2) is 70.7 Å². The molecule has 0 amide bonds. The number of hydrogen-bond acceptors (Lipinski definition) is 1. The van der Waals surface area contributed by atoms with Crippen molar-refractivity contribution in [3.8, 4) is 0 Å². The number of rotatable bonds is 4. The van der Waals surface area contributed by atoms with Crippen LogP contribution >= 0.6 is 0 Å². The van der Waals surface area contributed by atoms with Crippen LogP contribution in [0.2, 0.25) is 0 Å². The average molecular weight is 428 g/mol. The quantitative estimate of drug-likeness (QED) is 0.677. The van der Waals surface area contributed by atoms with Crippen molar-refractivity contribution < 1.29 is 24.6 Å². The first-order valence-electron chi connectivity index (χ1n) is 5.92. The van der Waals surface area contributed by atoms with Gasteiger partial charge in [-0.3, -0.25) is 0 Å². The van der Waals surface area contributed by atoms with E-state index in [1.54, 1.807) is 6.08 Å². The van der Waals surface area contributed by atoms with Crippen molar-refractivity contribution in [2.45, 2.75) is 0 Å². The zero-order valence-corrected chi connectivity index (χ0v) is 12.5. The standard InChI is InChI=1S/C17H13O.Pt/c18-17(13-11-15-7-3-1-4-8-15)14-12-16-9-5-2-6-10-16;/h1-13H;. The number of carbonyl (C=O) groups is 1. The van der Waals surface area contributed by atoms with Crippen molar-refractivity contribution >= 4 is 17.9 Å². The first-order valence-corrected chi connectivity index (χ1v) is 7.06. The molecule has 0 fully saturated rings. The van der Waals surface area contributed by atoms with Crippen molar-refractivity contribution in [1.29, 1.82) is 0 Å². The van der Waals surface area contributed by atoms with Crippen molar-refractivity contribution in [2.75, 3.05) is 0 Å². The molecule has 0 N–H and O–H groups in total. The van der Waals surface area contributed by atoms with E-state index in [-0.39, 0.29) is 5.78 Å². The van der Waals surface area contributed by atoms with Gasteiger partial charge in [0, 0.05) is 0 Å². The topological polar surface area (TPSA) is 17.1 Å². The molecule has 0 aromatic heterocycles. The van der Waals surface area contributed by atoms with Crippen LogP contribution in [0.1, 0.15) is 11.1 Å². The number of carbonyl (C=O) groups excluding carboxylic acids is 1. The molecule has 0 unspecified atom stereocenters. The van der Waals surface area contributed by atoms with Gasteiger partial charge in [0.25, 0.3) is 0 Å². The Morgan fingerprint density at radius 3 is 1.95 bits per heavy atom. The molecule has 2 aromatic rings. The van der Waals surface area contributed by atoms with Crippen LogP contribution in [-0.2, 0) is 24.6 Å². The van der Waals surface area contributed by atoms with Gasteiger partial charge in [0.2, 0.25) is 0 Å². The molecule has 19 heavy (non-hydrogen) atoms. The summed E-state index contributed by atoms with van der Waals surface area (Å²) in [6, 6.07) is 19.6.